The van der Waals surface area contributed by atoms with Gasteiger partial charge in [-0.15, -0.1) is 0 Å². The standard InChI is InChI=1S/C14H14N4OS/c15-10-5-3-9(4-6-10)11-8-12(13-2-1-7-19-13)18(17-11)14(16)20/h1-7,12H,8,15H2,(H2,16,20). The van der Waals surface area contributed by atoms with Crippen molar-refractivity contribution in [2.75, 3.05) is 5.73 Å². The molecule has 20 heavy (non-hydrogen) atoms. The smallest absolute Gasteiger partial charge is 0.187 e. The Morgan fingerprint density at radius 1 is 1.30 bits per heavy atom. The number of thiocarbonyl (C=S) groups is 1. The van der Waals surface area contributed by atoms with Gasteiger partial charge in [0.05, 0.1) is 12.0 Å². The fourth-order valence-corrected chi connectivity index (χ4v) is 2.43. The second-order valence-corrected chi connectivity index (χ2v) is 5.01. The average Bonchev–Trinajstić information content (AvgIpc) is 3.08. The first-order valence-corrected chi connectivity index (χ1v) is 6.61. The highest BCUT2D eigenvalue weighted by Crippen LogP contribution is 2.32. The fourth-order valence-electron chi connectivity index (χ4n) is 2.27. The Bertz CT molecular complexity index is 648. The lowest BCUT2D eigenvalue weighted by molar-refractivity contribution is 0.316. The molecule has 2 heterocycles. The summed E-state index contributed by atoms with van der Waals surface area (Å²) in [7, 11) is 0. The molecule has 0 radical (unpaired) electrons. The molecule has 3 rings (SSSR count). The number of furan rings is 1. The zero-order chi connectivity index (χ0) is 14.1. The molecule has 0 saturated carbocycles. The van der Waals surface area contributed by atoms with E-state index in [1.165, 1.54) is 0 Å². The minimum absolute atomic E-state index is 0.0879. The summed E-state index contributed by atoms with van der Waals surface area (Å²) in [6.07, 6.45) is 2.32. The number of anilines is 1. The van der Waals surface area contributed by atoms with Crippen molar-refractivity contribution in [2.24, 2.45) is 10.8 Å². The van der Waals surface area contributed by atoms with Crippen molar-refractivity contribution in [3.8, 4) is 0 Å². The van der Waals surface area contributed by atoms with Gasteiger partial charge in [-0.1, -0.05) is 12.1 Å². The molecule has 1 aliphatic rings. The molecule has 6 heteroatoms. The molecule has 0 bridgehead atoms. The number of hydrogen-bond acceptors (Lipinski definition) is 4. The second kappa shape index (κ2) is 4.97. The Hall–Kier alpha value is -2.34. The third-order valence-electron chi connectivity index (χ3n) is 3.25. The zero-order valence-corrected chi connectivity index (χ0v) is 11.5. The van der Waals surface area contributed by atoms with Crippen molar-refractivity contribution in [3.05, 3.63) is 54.0 Å². The lowest BCUT2D eigenvalue weighted by Crippen LogP contribution is -2.31. The highest BCUT2D eigenvalue weighted by atomic mass is 32.1. The average molecular weight is 286 g/mol. The van der Waals surface area contributed by atoms with E-state index >= 15 is 0 Å². The molecule has 1 atom stereocenters. The van der Waals surface area contributed by atoms with Crippen LogP contribution in [0.15, 0.2) is 52.2 Å². The quantitative estimate of drug-likeness (QED) is 0.654. The Morgan fingerprint density at radius 3 is 2.65 bits per heavy atom. The van der Waals surface area contributed by atoms with E-state index < -0.39 is 0 Å². The van der Waals surface area contributed by atoms with Gasteiger partial charge in [0.15, 0.2) is 5.11 Å². The molecule has 0 fully saturated rings. The van der Waals surface area contributed by atoms with Gasteiger partial charge in [-0.25, -0.2) is 5.01 Å². The molecule has 5 nitrogen and oxygen atoms in total. The van der Waals surface area contributed by atoms with Gasteiger partial charge in [-0.05, 0) is 42.0 Å². The van der Waals surface area contributed by atoms with Crippen molar-refractivity contribution in [1.29, 1.82) is 0 Å². The van der Waals surface area contributed by atoms with Crippen LogP contribution in [0.3, 0.4) is 0 Å². The predicted octanol–water partition coefficient (Wildman–Crippen LogP) is 2.26. The molecule has 1 unspecified atom stereocenters. The minimum atomic E-state index is -0.0879. The summed E-state index contributed by atoms with van der Waals surface area (Å²) < 4.78 is 5.45. The molecule has 1 aromatic heterocycles. The van der Waals surface area contributed by atoms with Crippen molar-refractivity contribution < 1.29 is 4.42 Å². The van der Waals surface area contributed by atoms with Gasteiger partial charge in [-0.2, -0.15) is 5.10 Å². The summed E-state index contributed by atoms with van der Waals surface area (Å²) in [5.41, 5.74) is 14.1. The molecule has 2 aromatic rings. The van der Waals surface area contributed by atoms with Crippen LogP contribution in [-0.2, 0) is 0 Å². The van der Waals surface area contributed by atoms with Crippen LogP contribution in [0.25, 0.3) is 0 Å². The SMILES string of the molecule is NC(=S)N1N=C(c2ccc(N)cc2)CC1c1ccco1. The molecule has 0 aliphatic carbocycles. The Balaban J connectivity index is 1.92. The molecule has 0 saturated heterocycles. The summed E-state index contributed by atoms with van der Waals surface area (Å²) in [5.74, 6) is 0.798. The zero-order valence-electron chi connectivity index (χ0n) is 10.7. The fraction of sp³-hybridized carbons (Fsp3) is 0.143. The molecule has 4 N–H and O–H groups in total. The topological polar surface area (TPSA) is 80.8 Å². The van der Waals surface area contributed by atoms with E-state index in [4.69, 9.17) is 28.1 Å². The van der Waals surface area contributed by atoms with Crippen LogP contribution < -0.4 is 11.5 Å². The normalized spacial score (nSPS) is 18.1. The van der Waals surface area contributed by atoms with Crippen LogP contribution in [0.2, 0.25) is 0 Å². The summed E-state index contributed by atoms with van der Waals surface area (Å²) in [6, 6.07) is 11.2. The van der Waals surface area contributed by atoms with Gasteiger partial charge in [0.1, 0.15) is 11.8 Å². The molecule has 0 amide bonds. The van der Waals surface area contributed by atoms with Gasteiger partial charge in [0.25, 0.3) is 0 Å². The lowest BCUT2D eigenvalue weighted by Gasteiger charge is -2.19. The number of nitrogens with zero attached hydrogens (tertiary/aromatic N) is 2. The maximum Gasteiger partial charge on any atom is 0.187 e. The number of nitrogen functional groups attached to an aromatic ring is 1. The van der Waals surface area contributed by atoms with E-state index in [9.17, 15) is 0 Å². The monoisotopic (exact) mass is 286 g/mol. The Kier molecular flexibility index (Phi) is 3.15. The van der Waals surface area contributed by atoms with Crippen LogP contribution in [0.1, 0.15) is 23.8 Å². The second-order valence-electron chi connectivity index (χ2n) is 4.59. The van der Waals surface area contributed by atoms with E-state index in [0.717, 1.165) is 22.7 Å². The molecule has 0 spiro atoms. The van der Waals surface area contributed by atoms with Crippen molar-refractivity contribution in [2.45, 2.75) is 12.5 Å². The molecular weight excluding hydrogens is 272 g/mol. The van der Waals surface area contributed by atoms with Crippen LogP contribution in [0, 0.1) is 0 Å². The first-order chi connectivity index (χ1) is 9.65. The number of hydrogen-bond donors (Lipinski definition) is 2. The van der Waals surface area contributed by atoms with E-state index in [2.05, 4.69) is 5.10 Å². The van der Waals surface area contributed by atoms with Crippen LogP contribution >= 0.6 is 12.2 Å². The highest BCUT2D eigenvalue weighted by molar-refractivity contribution is 7.80. The summed E-state index contributed by atoms with van der Waals surface area (Å²) in [6.45, 7) is 0. The Morgan fingerprint density at radius 2 is 2.05 bits per heavy atom. The summed E-state index contributed by atoms with van der Waals surface area (Å²) in [4.78, 5) is 0. The van der Waals surface area contributed by atoms with Gasteiger partial charge in [-0.3, -0.25) is 0 Å². The summed E-state index contributed by atoms with van der Waals surface area (Å²) in [5, 5.41) is 6.37. The van der Waals surface area contributed by atoms with Gasteiger partial charge >= 0.3 is 0 Å². The van der Waals surface area contributed by atoms with E-state index in [-0.39, 0.29) is 11.2 Å². The third-order valence-corrected chi connectivity index (χ3v) is 3.44. The van der Waals surface area contributed by atoms with Crippen molar-refractivity contribution in [1.82, 2.24) is 5.01 Å². The van der Waals surface area contributed by atoms with Gasteiger partial charge in [0.2, 0.25) is 0 Å². The number of hydrazone groups is 1. The number of nitrogens with two attached hydrogens (primary N) is 2. The first-order valence-electron chi connectivity index (χ1n) is 6.20. The molecule has 1 aromatic carbocycles. The highest BCUT2D eigenvalue weighted by Gasteiger charge is 2.32. The molecule has 102 valence electrons. The van der Waals surface area contributed by atoms with Crippen LogP contribution in [-0.4, -0.2) is 15.8 Å². The van der Waals surface area contributed by atoms with Crippen LogP contribution in [0.5, 0.6) is 0 Å². The van der Waals surface area contributed by atoms with E-state index in [1.807, 2.05) is 36.4 Å². The van der Waals surface area contributed by atoms with Gasteiger partial charge < -0.3 is 15.9 Å². The largest absolute Gasteiger partial charge is 0.467 e. The summed E-state index contributed by atoms with van der Waals surface area (Å²) >= 11 is 5.06. The van der Waals surface area contributed by atoms with Crippen LogP contribution in [0.4, 0.5) is 5.69 Å². The maximum atomic E-state index is 5.75. The maximum absolute atomic E-state index is 5.75. The molecule has 1 aliphatic heterocycles. The first kappa shape index (κ1) is 12.7. The van der Waals surface area contributed by atoms with Crippen molar-refractivity contribution >= 4 is 28.7 Å². The Labute approximate surface area is 121 Å². The van der Waals surface area contributed by atoms with E-state index in [0.29, 0.717) is 6.42 Å². The minimum Gasteiger partial charge on any atom is -0.467 e. The molecular formula is C14H14N4OS. The number of benzene rings is 1. The lowest BCUT2D eigenvalue weighted by atomic mass is 10.0. The van der Waals surface area contributed by atoms with Crippen molar-refractivity contribution in [3.63, 3.8) is 0 Å². The van der Waals surface area contributed by atoms with Gasteiger partial charge in [0, 0.05) is 12.1 Å². The third kappa shape index (κ3) is 2.25. The van der Waals surface area contributed by atoms with E-state index in [1.54, 1.807) is 11.3 Å². The predicted molar refractivity (Wildman–Crippen MR) is 82.1 cm³/mol. The number of rotatable bonds is 2.